The molecule has 0 spiro atoms. The molecular weight excluding hydrogens is 380 g/mol. The van der Waals surface area contributed by atoms with Crippen molar-refractivity contribution in [3.05, 3.63) is 0 Å². The molecular formula is C21H44O8. The number of ether oxygens (including phenoxy) is 8. The summed E-state index contributed by atoms with van der Waals surface area (Å²) >= 11 is 0. The molecule has 29 heavy (non-hydrogen) atoms. The van der Waals surface area contributed by atoms with Crippen LogP contribution < -0.4 is 0 Å². The molecule has 0 saturated heterocycles. The van der Waals surface area contributed by atoms with Gasteiger partial charge in [-0.3, -0.25) is 0 Å². The molecule has 176 valence electrons. The molecule has 0 amide bonds. The van der Waals surface area contributed by atoms with Gasteiger partial charge in [0.1, 0.15) is 0 Å². The zero-order chi connectivity index (χ0) is 21.5. The molecule has 0 N–H and O–H groups in total. The third-order valence-corrected chi connectivity index (χ3v) is 4.18. The highest BCUT2D eigenvalue weighted by molar-refractivity contribution is 4.79. The van der Waals surface area contributed by atoms with Crippen molar-refractivity contribution in [3.8, 4) is 0 Å². The lowest BCUT2D eigenvalue weighted by Gasteiger charge is -2.33. The van der Waals surface area contributed by atoms with Crippen molar-refractivity contribution in [2.75, 3.05) is 108 Å². The SMILES string of the molecule is COCCCOCC(COCCCOC)(COCCCOC)COCCCOC. The smallest absolute Gasteiger partial charge is 0.0637 e. The first-order chi connectivity index (χ1) is 14.2. The maximum absolute atomic E-state index is 5.94. The van der Waals surface area contributed by atoms with Gasteiger partial charge in [0.25, 0.3) is 0 Å². The van der Waals surface area contributed by atoms with Crippen molar-refractivity contribution in [2.45, 2.75) is 25.7 Å². The average Bonchev–Trinajstić information content (AvgIpc) is 2.73. The minimum atomic E-state index is -0.361. The number of hydrogen-bond acceptors (Lipinski definition) is 8. The predicted molar refractivity (Wildman–Crippen MR) is 112 cm³/mol. The van der Waals surface area contributed by atoms with Crippen LogP contribution in [0.4, 0.5) is 0 Å². The Kier molecular flexibility index (Phi) is 22.1. The third kappa shape index (κ3) is 18.2. The van der Waals surface area contributed by atoms with Crippen LogP contribution in [0.25, 0.3) is 0 Å². The van der Waals surface area contributed by atoms with E-state index in [0.717, 1.165) is 25.7 Å². The van der Waals surface area contributed by atoms with E-state index in [1.165, 1.54) is 0 Å². The quantitative estimate of drug-likeness (QED) is 0.218. The number of methoxy groups -OCH3 is 4. The number of rotatable bonds is 24. The molecule has 0 aromatic carbocycles. The summed E-state index contributed by atoms with van der Waals surface area (Å²) in [5.41, 5.74) is -0.361. The van der Waals surface area contributed by atoms with E-state index in [9.17, 15) is 0 Å². The van der Waals surface area contributed by atoms with E-state index in [2.05, 4.69) is 0 Å². The molecule has 0 aliphatic rings. The molecule has 8 heteroatoms. The fourth-order valence-electron chi connectivity index (χ4n) is 2.63. The zero-order valence-electron chi connectivity index (χ0n) is 19.1. The Morgan fingerprint density at radius 3 is 0.828 bits per heavy atom. The van der Waals surface area contributed by atoms with Gasteiger partial charge >= 0.3 is 0 Å². The summed E-state index contributed by atoms with van der Waals surface area (Å²) in [6.45, 7) is 7.29. The molecule has 0 rings (SSSR count). The van der Waals surface area contributed by atoms with Crippen LogP contribution in [0.5, 0.6) is 0 Å². The summed E-state index contributed by atoms with van der Waals surface area (Å²) in [6.07, 6.45) is 3.41. The fourth-order valence-corrected chi connectivity index (χ4v) is 2.63. The fraction of sp³-hybridized carbons (Fsp3) is 1.00. The van der Waals surface area contributed by atoms with Gasteiger partial charge in [0, 0.05) is 81.3 Å². The van der Waals surface area contributed by atoms with Crippen molar-refractivity contribution in [1.29, 1.82) is 0 Å². The maximum atomic E-state index is 5.94. The van der Waals surface area contributed by atoms with E-state index in [1.807, 2.05) is 0 Å². The maximum Gasteiger partial charge on any atom is 0.0637 e. The van der Waals surface area contributed by atoms with Gasteiger partial charge < -0.3 is 37.9 Å². The van der Waals surface area contributed by atoms with Crippen LogP contribution in [0.15, 0.2) is 0 Å². The van der Waals surface area contributed by atoms with Crippen LogP contribution in [0.1, 0.15) is 25.7 Å². The average molecular weight is 425 g/mol. The first-order valence-electron chi connectivity index (χ1n) is 10.5. The lowest BCUT2D eigenvalue weighted by molar-refractivity contribution is -0.110. The summed E-state index contributed by atoms with van der Waals surface area (Å²) in [6, 6.07) is 0. The van der Waals surface area contributed by atoms with Gasteiger partial charge in [-0.2, -0.15) is 0 Å². The topological polar surface area (TPSA) is 73.8 Å². The highest BCUT2D eigenvalue weighted by Gasteiger charge is 2.32. The molecule has 0 aromatic rings. The van der Waals surface area contributed by atoms with Gasteiger partial charge in [0.2, 0.25) is 0 Å². The van der Waals surface area contributed by atoms with Gasteiger partial charge in [-0.1, -0.05) is 0 Å². The van der Waals surface area contributed by atoms with Crippen molar-refractivity contribution in [3.63, 3.8) is 0 Å². The van der Waals surface area contributed by atoms with E-state index < -0.39 is 0 Å². The second-order valence-electron chi connectivity index (χ2n) is 7.10. The highest BCUT2D eigenvalue weighted by Crippen LogP contribution is 2.21. The second-order valence-corrected chi connectivity index (χ2v) is 7.10. The molecule has 0 saturated carbocycles. The van der Waals surface area contributed by atoms with Crippen molar-refractivity contribution >= 4 is 0 Å². The summed E-state index contributed by atoms with van der Waals surface area (Å²) < 4.78 is 44.1. The standard InChI is InChI=1S/C21H44O8/c1-22-9-5-13-26-17-21(18-27-14-6-10-23-2,19-28-15-7-11-24-3)20-29-16-8-12-25-4/h5-20H2,1-4H3. The summed E-state index contributed by atoms with van der Waals surface area (Å²) in [5, 5.41) is 0. The van der Waals surface area contributed by atoms with Crippen LogP contribution in [0.2, 0.25) is 0 Å². The lowest BCUT2D eigenvalue weighted by atomic mass is 9.92. The van der Waals surface area contributed by atoms with E-state index in [-0.39, 0.29) is 5.41 Å². The van der Waals surface area contributed by atoms with Gasteiger partial charge in [0.15, 0.2) is 0 Å². The van der Waals surface area contributed by atoms with Crippen LogP contribution >= 0.6 is 0 Å². The van der Waals surface area contributed by atoms with E-state index in [4.69, 9.17) is 37.9 Å². The Bertz CT molecular complexity index is 256. The van der Waals surface area contributed by atoms with Gasteiger partial charge in [0.05, 0.1) is 31.8 Å². The Labute approximate surface area is 177 Å². The van der Waals surface area contributed by atoms with Crippen LogP contribution in [-0.2, 0) is 37.9 Å². The zero-order valence-corrected chi connectivity index (χ0v) is 19.1. The Balaban J connectivity index is 4.69. The molecule has 0 bridgehead atoms. The minimum absolute atomic E-state index is 0.361. The molecule has 0 aliphatic heterocycles. The van der Waals surface area contributed by atoms with Gasteiger partial charge in [-0.25, -0.2) is 0 Å². The van der Waals surface area contributed by atoms with Gasteiger partial charge in [-0.05, 0) is 25.7 Å². The van der Waals surface area contributed by atoms with E-state index in [1.54, 1.807) is 28.4 Å². The Hall–Kier alpha value is -0.320. The summed E-state index contributed by atoms with van der Waals surface area (Å²) in [7, 11) is 6.78. The minimum Gasteiger partial charge on any atom is -0.385 e. The summed E-state index contributed by atoms with van der Waals surface area (Å²) in [4.78, 5) is 0. The molecule has 0 unspecified atom stereocenters. The van der Waals surface area contributed by atoms with Crippen molar-refractivity contribution in [2.24, 2.45) is 5.41 Å². The first-order valence-corrected chi connectivity index (χ1v) is 10.5. The molecule has 0 aliphatic carbocycles. The van der Waals surface area contributed by atoms with E-state index >= 15 is 0 Å². The largest absolute Gasteiger partial charge is 0.385 e. The summed E-state index contributed by atoms with van der Waals surface area (Å²) in [5.74, 6) is 0. The number of hydrogen-bond donors (Lipinski definition) is 0. The highest BCUT2D eigenvalue weighted by atomic mass is 16.5. The molecule has 0 aromatic heterocycles. The Morgan fingerprint density at radius 2 is 0.621 bits per heavy atom. The Morgan fingerprint density at radius 1 is 0.379 bits per heavy atom. The van der Waals surface area contributed by atoms with Crippen LogP contribution in [-0.4, -0.2) is 108 Å². The molecule has 0 heterocycles. The monoisotopic (exact) mass is 424 g/mol. The van der Waals surface area contributed by atoms with Crippen LogP contribution in [0, 0.1) is 5.41 Å². The van der Waals surface area contributed by atoms with Gasteiger partial charge in [-0.15, -0.1) is 0 Å². The molecule has 0 atom stereocenters. The molecule has 8 nitrogen and oxygen atoms in total. The van der Waals surface area contributed by atoms with Crippen molar-refractivity contribution < 1.29 is 37.9 Å². The van der Waals surface area contributed by atoms with Crippen molar-refractivity contribution in [1.82, 2.24) is 0 Å². The van der Waals surface area contributed by atoms with E-state index in [0.29, 0.717) is 79.3 Å². The normalized spacial score (nSPS) is 12.0. The second kappa shape index (κ2) is 22.4. The predicted octanol–water partition coefficient (Wildman–Crippen LogP) is 2.19. The van der Waals surface area contributed by atoms with Crippen LogP contribution in [0.3, 0.4) is 0 Å². The molecule has 0 fully saturated rings. The molecule has 0 radical (unpaired) electrons. The third-order valence-electron chi connectivity index (χ3n) is 4.18. The lowest BCUT2D eigenvalue weighted by Crippen LogP contribution is -2.42. The first kappa shape index (κ1) is 28.7.